The molecule has 0 saturated carbocycles. The first-order chi connectivity index (χ1) is 20.3. The van der Waals surface area contributed by atoms with E-state index in [1.54, 1.807) is 0 Å². The summed E-state index contributed by atoms with van der Waals surface area (Å²) in [5.41, 5.74) is 5.88. The lowest BCUT2D eigenvalue weighted by molar-refractivity contribution is 1.29. The largest absolute Gasteiger partial charge is 0.310 e. The first-order valence-corrected chi connectivity index (χ1v) is 14.1. The van der Waals surface area contributed by atoms with Crippen molar-refractivity contribution in [3.63, 3.8) is 0 Å². The van der Waals surface area contributed by atoms with Crippen LogP contribution >= 0.6 is 0 Å². The van der Waals surface area contributed by atoms with Crippen molar-refractivity contribution in [2.24, 2.45) is 0 Å². The minimum Gasteiger partial charge on any atom is -0.310 e. The molecule has 0 aromatic heterocycles. The molecule has 0 atom stereocenters. The van der Waals surface area contributed by atoms with Crippen LogP contribution in [-0.4, -0.2) is 0 Å². The molecule has 1 heteroatoms. The molecule has 0 radical (unpaired) electrons. The van der Waals surface area contributed by atoms with Crippen molar-refractivity contribution < 1.29 is 0 Å². The first-order valence-electron chi connectivity index (χ1n) is 14.1. The number of para-hydroxylation sites is 1. The van der Waals surface area contributed by atoms with Gasteiger partial charge in [0.25, 0.3) is 0 Å². The van der Waals surface area contributed by atoms with Crippen LogP contribution in [0.4, 0.5) is 17.1 Å². The zero-order valence-corrected chi connectivity index (χ0v) is 22.5. The zero-order valence-electron chi connectivity index (χ0n) is 22.5. The van der Waals surface area contributed by atoms with Crippen LogP contribution < -0.4 is 4.90 Å². The molecular formula is C40H27N. The molecule has 0 spiro atoms. The van der Waals surface area contributed by atoms with Gasteiger partial charge in [-0.15, -0.1) is 0 Å². The highest BCUT2D eigenvalue weighted by Gasteiger charge is 2.15. The molecular weight excluding hydrogens is 494 g/mol. The van der Waals surface area contributed by atoms with E-state index in [0.29, 0.717) is 0 Å². The Labute approximate surface area is 239 Å². The molecule has 192 valence electrons. The lowest BCUT2D eigenvalue weighted by atomic mass is 9.93. The van der Waals surface area contributed by atoms with Gasteiger partial charge in [-0.1, -0.05) is 121 Å². The molecule has 8 aromatic carbocycles. The highest BCUT2D eigenvalue weighted by Crippen LogP contribution is 2.40. The molecule has 8 rings (SSSR count). The van der Waals surface area contributed by atoms with Gasteiger partial charge in [0, 0.05) is 17.1 Å². The van der Waals surface area contributed by atoms with Gasteiger partial charge in [0.2, 0.25) is 0 Å². The fourth-order valence-electron chi connectivity index (χ4n) is 6.25. The number of nitrogens with zero attached hydrogens (tertiary/aromatic N) is 1. The van der Waals surface area contributed by atoms with E-state index in [2.05, 4.69) is 169 Å². The van der Waals surface area contributed by atoms with Gasteiger partial charge in [0.1, 0.15) is 0 Å². The standard InChI is InChI=1S/C40H27N/c1-2-12-32(13-3-1)41(34-24-25-37-31(26-34)19-18-28-10-4-6-14-35(28)37)33-22-20-29(21-23-33)40-27-30-11-5-7-15-36(30)38-16-8-9-17-39(38)40/h1-27H. The van der Waals surface area contributed by atoms with Crippen molar-refractivity contribution >= 4 is 60.2 Å². The van der Waals surface area contributed by atoms with Gasteiger partial charge in [0.15, 0.2) is 0 Å². The summed E-state index contributed by atoms with van der Waals surface area (Å²) in [5, 5.41) is 10.2. The van der Waals surface area contributed by atoms with Crippen LogP contribution in [-0.2, 0) is 0 Å². The summed E-state index contributed by atoms with van der Waals surface area (Å²) in [6.07, 6.45) is 0. The number of hydrogen-bond acceptors (Lipinski definition) is 1. The number of rotatable bonds is 4. The van der Waals surface area contributed by atoms with Crippen LogP contribution in [0, 0.1) is 0 Å². The summed E-state index contributed by atoms with van der Waals surface area (Å²) in [5.74, 6) is 0. The van der Waals surface area contributed by atoms with Gasteiger partial charge in [-0.2, -0.15) is 0 Å². The second-order valence-corrected chi connectivity index (χ2v) is 10.6. The highest BCUT2D eigenvalue weighted by atomic mass is 15.1. The van der Waals surface area contributed by atoms with E-state index < -0.39 is 0 Å². The summed E-state index contributed by atoms with van der Waals surface area (Å²) in [7, 11) is 0. The van der Waals surface area contributed by atoms with E-state index in [1.165, 1.54) is 54.2 Å². The van der Waals surface area contributed by atoms with Crippen LogP contribution in [0.25, 0.3) is 54.2 Å². The molecule has 1 nitrogen and oxygen atoms in total. The van der Waals surface area contributed by atoms with Gasteiger partial charge in [-0.3, -0.25) is 0 Å². The second-order valence-electron chi connectivity index (χ2n) is 10.6. The summed E-state index contributed by atoms with van der Waals surface area (Å²) in [6.45, 7) is 0. The van der Waals surface area contributed by atoms with Crippen molar-refractivity contribution in [2.45, 2.75) is 0 Å². The molecule has 0 aliphatic carbocycles. The third kappa shape index (κ3) is 4.02. The van der Waals surface area contributed by atoms with E-state index in [9.17, 15) is 0 Å². The average molecular weight is 522 g/mol. The van der Waals surface area contributed by atoms with E-state index in [-0.39, 0.29) is 0 Å². The van der Waals surface area contributed by atoms with Gasteiger partial charge in [-0.25, -0.2) is 0 Å². The van der Waals surface area contributed by atoms with Gasteiger partial charge in [-0.05, 0) is 96.7 Å². The third-order valence-corrected chi connectivity index (χ3v) is 8.21. The maximum Gasteiger partial charge on any atom is 0.0468 e. The Bertz CT molecular complexity index is 2190. The van der Waals surface area contributed by atoms with Crippen LogP contribution in [0.3, 0.4) is 0 Å². The summed E-state index contributed by atoms with van der Waals surface area (Å²) in [4.78, 5) is 2.34. The second kappa shape index (κ2) is 9.66. The van der Waals surface area contributed by atoms with E-state index in [0.717, 1.165) is 17.1 Å². The summed E-state index contributed by atoms with van der Waals surface area (Å²) in [6, 6.07) is 59.2. The van der Waals surface area contributed by atoms with Crippen molar-refractivity contribution in [1.82, 2.24) is 0 Å². The van der Waals surface area contributed by atoms with Crippen LogP contribution in [0.15, 0.2) is 164 Å². The van der Waals surface area contributed by atoms with Crippen LogP contribution in [0.1, 0.15) is 0 Å². The highest BCUT2D eigenvalue weighted by molar-refractivity contribution is 6.14. The van der Waals surface area contributed by atoms with Crippen molar-refractivity contribution in [1.29, 1.82) is 0 Å². The average Bonchev–Trinajstić information content (AvgIpc) is 3.05. The quantitative estimate of drug-likeness (QED) is 0.208. The lowest BCUT2D eigenvalue weighted by Crippen LogP contribution is -2.09. The molecule has 0 aliphatic heterocycles. The number of benzene rings is 8. The Morgan fingerprint density at radius 1 is 0.293 bits per heavy atom. The number of hydrogen-bond donors (Lipinski definition) is 0. The smallest absolute Gasteiger partial charge is 0.0468 e. The van der Waals surface area contributed by atoms with Gasteiger partial charge >= 0.3 is 0 Å². The number of anilines is 3. The van der Waals surface area contributed by atoms with E-state index >= 15 is 0 Å². The SMILES string of the molecule is c1ccc(N(c2ccc(-c3cc4ccccc4c4ccccc34)cc2)c2ccc3c(ccc4ccccc43)c2)cc1. The molecule has 0 amide bonds. The maximum atomic E-state index is 2.34. The Kier molecular flexibility index (Phi) is 5.53. The van der Waals surface area contributed by atoms with Crippen molar-refractivity contribution in [3.05, 3.63) is 164 Å². The Hall–Kier alpha value is -5.40. The Balaban J connectivity index is 1.26. The molecule has 41 heavy (non-hydrogen) atoms. The minimum atomic E-state index is 1.13. The predicted molar refractivity (Wildman–Crippen MR) is 177 cm³/mol. The molecule has 0 heterocycles. The normalized spacial score (nSPS) is 11.4. The van der Waals surface area contributed by atoms with Crippen LogP contribution in [0.5, 0.6) is 0 Å². The molecule has 0 N–H and O–H groups in total. The van der Waals surface area contributed by atoms with E-state index in [4.69, 9.17) is 0 Å². The number of fused-ring (bicyclic) bond motifs is 6. The summed E-state index contributed by atoms with van der Waals surface area (Å²) >= 11 is 0. The topological polar surface area (TPSA) is 3.24 Å². The minimum absolute atomic E-state index is 1.13. The fraction of sp³-hybridized carbons (Fsp3) is 0. The Morgan fingerprint density at radius 2 is 0.805 bits per heavy atom. The molecule has 8 aromatic rings. The molecule has 0 saturated heterocycles. The van der Waals surface area contributed by atoms with E-state index in [1.807, 2.05) is 0 Å². The predicted octanol–water partition coefficient (Wildman–Crippen LogP) is 11.4. The van der Waals surface area contributed by atoms with Gasteiger partial charge < -0.3 is 4.90 Å². The fourth-order valence-corrected chi connectivity index (χ4v) is 6.25. The third-order valence-electron chi connectivity index (χ3n) is 8.21. The lowest BCUT2D eigenvalue weighted by Gasteiger charge is -2.26. The molecule has 0 fully saturated rings. The van der Waals surface area contributed by atoms with Crippen LogP contribution in [0.2, 0.25) is 0 Å². The van der Waals surface area contributed by atoms with Crippen molar-refractivity contribution in [3.8, 4) is 11.1 Å². The summed E-state index contributed by atoms with van der Waals surface area (Å²) < 4.78 is 0. The zero-order chi connectivity index (χ0) is 27.2. The van der Waals surface area contributed by atoms with Crippen molar-refractivity contribution in [2.75, 3.05) is 4.90 Å². The molecule has 0 aliphatic rings. The Morgan fingerprint density at radius 3 is 1.59 bits per heavy atom. The first kappa shape index (κ1) is 23.5. The molecule has 0 unspecified atom stereocenters. The van der Waals surface area contributed by atoms with Gasteiger partial charge in [0.05, 0.1) is 0 Å². The molecule has 0 bridgehead atoms. The monoisotopic (exact) mass is 521 g/mol. The maximum absolute atomic E-state index is 2.34.